The second-order valence-corrected chi connectivity index (χ2v) is 11.4. The van der Waals surface area contributed by atoms with Gasteiger partial charge in [-0.05, 0) is 50.4 Å². The van der Waals surface area contributed by atoms with Crippen molar-refractivity contribution in [2.75, 3.05) is 19.4 Å². The Morgan fingerprint density at radius 3 is 2.58 bits per heavy atom. The van der Waals surface area contributed by atoms with Crippen LogP contribution in [0, 0.1) is 0 Å². The maximum atomic E-state index is 12.5. The molecule has 0 aliphatic carbocycles. The number of aryl methyl sites for hydroxylation is 1. The first-order valence-corrected chi connectivity index (χ1v) is 14.3. The molecule has 4 unspecified atom stereocenters. The van der Waals surface area contributed by atoms with Gasteiger partial charge in [0.25, 0.3) is 0 Å². The molecule has 0 fully saturated rings. The molecule has 0 saturated heterocycles. The molecule has 0 aliphatic rings. The van der Waals surface area contributed by atoms with E-state index in [1.54, 1.807) is 0 Å². The topological polar surface area (TPSA) is 168 Å². The first-order chi connectivity index (χ1) is 17.0. The van der Waals surface area contributed by atoms with Gasteiger partial charge in [-0.3, -0.25) is 0 Å². The number of rotatable bonds is 16. The smallest absolute Gasteiger partial charge is 0.330 e. The zero-order valence-electron chi connectivity index (χ0n) is 21.8. The Balaban J connectivity index is 2.09. The summed E-state index contributed by atoms with van der Waals surface area (Å²) in [5.41, 5.74) is 6.61. The van der Waals surface area contributed by atoms with Gasteiger partial charge in [-0.1, -0.05) is 45.6 Å². The van der Waals surface area contributed by atoms with E-state index >= 15 is 0 Å². The summed E-state index contributed by atoms with van der Waals surface area (Å²) in [6.07, 6.45) is 2.94. The third kappa shape index (κ3) is 7.97. The maximum absolute atomic E-state index is 12.5. The molecule has 204 valence electrons. The number of aliphatic hydroxyl groups is 2. The number of aromatic nitrogens is 2. The van der Waals surface area contributed by atoms with E-state index in [-0.39, 0.29) is 19.4 Å². The number of H-pyrrole nitrogens is 1. The summed E-state index contributed by atoms with van der Waals surface area (Å²) >= 11 is 0. The van der Waals surface area contributed by atoms with Crippen LogP contribution in [0.4, 0.5) is 0 Å². The monoisotopic (exact) mass is 526 g/mol. The number of aromatic amines is 1. The van der Waals surface area contributed by atoms with Crippen molar-refractivity contribution in [3.05, 3.63) is 29.6 Å². The molecule has 0 amide bonds. The number of fused-ring (bicyclic) bond motifs is 1. The third-order valence-corrected chi connectivity index (χ3v) is 8.06. The lowest BCUT2D eigenvalue weighted by Crippen LogP contribution is -2.66. The van der Waals surface area contributed by atoms with Crippen LogP contribution in [-0.4, -0.2) is 71.7 Å². The van der Waals surface area contributed by atoms with Gasteiger partial charge in [-0.25, -0.2) is 22.9 Å². The molecule has 0 saturated carbocycles. The van der Waals surface area contributed by atoms with Gasteiger partial charge in [0.05, 0.1) is 29.5 Å². The number of hydrogen-bond donors (Lipinski definition) is 5. The van der Waals surface area contributed by atoms with E-state index in [4.69, 9.17) is 10.5 Å². The second-order valence-electron chi connectivity index (χ2n) is 9.49. The Labute approximate surface area is 214 Å². The van der Waals surface area contributed by atoms with E-state index in [1.165, 1.54) is 45.2 Å². The van der Waals surface area contributed by atoms with E-state index < -0.39 is 39.5 Å². The molecule has 0 bridgehead atoms. The van der Waals surface area contributed by atoms with Crippen molar-refractivity contribution in [2.24, 2.45) is 5.73 Å². The Hall–Kier alpha value is -2.05. The molecule has 2 rings (SSSR count). The van der Waals surface area contributed by atoms with Gasteiger partial charge in [0, 0.05) is 6.42 Å². The fraction of sp³-hybridized carbons (Fsp3) is 0.680. The summed E-state index contributed by atoms with van der Waals surface area (Å²) in [7, 11) is -2.82. The SMILES string of the molecule is CCCCCCC(C)c1ccc2nc(CCC(O)C(O)C(N)(CS(=O)(=O)NC)C(=O)OCC)[nH]c2c1. The lowest BCUT2D eigenvalue weighted by molar-refractivity contribution is -0.157. The highest BCUT2D eigenvalue weighted by molar-refractivity contribution is 7.89. The molecule has 2 aromatic rings. The number of aliphatic hydroxyl groups excluding tert-OH is 2. The number of nitrogens with one attached hydrogen (secondary N) is 2. The van der Waals surface area contributed by atoms with Crippen LogP contribution in [0.2, 0.25) is 0 Å². The molecule has 0 radical (unpaired) electrons. The molecule has 11 heteroatoms. The number of nitrogens with zero attached hydrogens (tertiary/aromatic N) is 1. The van der Waals surface area contributed by atoms with Crippen molar-refractivity contribution in [3.8, 4) is 0 Å². The Morgan fingerprint density at radius 2 is 1.94 bits per heavy atom. The molecule has 0 spiro atoms. The predicted molar refractivity (Wildman–Crippen MR) is 140 cm³/mol. The minimum Gasteiger partial charge on any atom is -0.465 e. The predicted octanol–water partition coefficient (Wildman–Crippen LogP) is 2.10. The molecule has 1 aromatic heterocycles. The van der Waals surface area contributed by atoms with Crippen molar-refractivity contribution in [1.82, 2.24) is 14.7 Å². The van der Waals surface area contributed by atoms with Gasteiger partial charge in [0.1, 0.15) is 11.9 Å². The Bertz CT molecular complexity index is 1090. The van der Waals surface area contributed by atoms with Crippen molar-refractivity contribution in [1.29, 1.82) is 0 Å². The van der Waals surface area contributed by atoms with E-state index in [0.717, 1.165) is 17.5 Å². The summed E-state index contributed by atoms with van der Waals surface area (Å²) in [5.74, 6) is -0.997. The van der Waals surface area contributed by atoms with Crippen LogP contribution in [-0.2, 0) is 26.0 Å². The number of benzene rings is 1. The van der Waals surface area contributed by atoms with E-state index in [1.807, 2.05) is 6.07 Å². The number of nitrogens with two attached hydrogens (primary N) is 1. The summed E-state index contributed by atoms with van der Waals surface area (Å²) in [6.45, 7) is 5.90. The summed E-state index contributed by atoms with van der Waals surface area (Å²) < 4.78 is 31.1. The van der Waals surface area contributed by atoms with Crippen LogP contribution in [0.3, 0.4) is 0 Å². The highest BCUT2D eigenvalue weighted by atomic mass is 32.2. The molecule has 36 heavy (non-hydrogen) atoms. The van der Waals surface area contributed by atoms with Crippen molar-refractivity contribution < 1.29 is 28.2 Å². The average molecular weight is 527 g/mol. The fourth-order valence-electron chi connectivity index (χ4n) is 4.25. The van der Waals surface area contributed by atoms with E-state index in [2.05, 4.69) is 40.7 Å². The van der Waals surface area contributed by atoms with Gasteiger partial charge in [-0.2, -0.15) is 0 Å². The standard InChI is InChI=1S/C25H42N4O6S/c1-5-7-8-9-10-17(3)18-11-12-19-20(15-18)29-22(28-19)14-13-21(30)23(31)25(26,24(32)35-6-2)16-36(33,34)27-4/h11-12,15,17,21,23,27,30-31H,5-10,13-14,16,26H2,1-4H3,(H,28,29). The first kappa shape index (κ1) is 30.2. The normalized spacial score (nSPS) is 16.4. The second kappa shape index (κ2) is 13.5. The molecule has 6 N–H and O–H groups in total. The first-order valence-electron chi connectivity index (χ1n) is 12.7. The maximum Gasteiger partial charge on any atom is 0.330 e. The highest BCUT2D eigenvalue weighted by Gasteiger charge is 2.49. The van der Waals surface area contributed by atoms with Crippen molar-refractivity contribution >= 4 is 27.0 Å². The van der Waals surface area contributed by atoms with Crippen molar-refractivity contribution in [3.63, 3.8) is 0 Å². The molecule has 10 nitrogen and oxygen atoms in total. The van der Waals surface area contributed by atoms with Crippen LogP contribution in [0.1, 0.15) is 76.6 Å². The molecule has 1 heterocycles. The third-order valence-electron chi connectivity index (χ3n) is 6.58. The minimum atomic E-state index is -3.99. The Morgan fingerprint density at radius 1 is 1.22 bits per heavy atom. The number of sulfonamides is 1. The van der Waals surface area contributed by atoms with E-state index in [0.29, 0.717) is 11.7 Å². The largest absolute Gasteiger partial charge is 0.465 e. The highest BCUT2D eigenvalue weighted by Crippen LogP contribution is 2.26. The lowest BCUT2D eigenvalue weighted by Gasteiger charge is -2.34. The number of carbonyl (C=O) groups excluding carboxylic acids is 1. The molecule has 4 atom stereocenters. The number of carbonyl (C=O) groups is 1. The van der Waals surface area contributed by atoms with E-state index in [9.17, 15) is 23.4 Å². The van der Waals surface area contributed by atoms with Crippen LogP contribution in [0.25, 0.3) is 11.0 Å². The van der Waals surface area contributed by atoms with Crippen LogP contribution < -0.4 is 10.5 Å². The minimum absolute atomic E-state index is 0.000364. The van der Waals surface area contributed by atoms with Gasteiger partial charge in [0.2, 0.25) is 10.0 Å². The quantitative estimate of drug-likeness (QED) is 0.164. The zero-order valence-corrected chi connectivity index (χ0v) is 22.6. The van der Waals surface area contributed by atoms with Crippen LogP contribution >= 0.6 is 0 Å². The van der Waals surface area contributed by atoms with Gasteiger partial charge < -0.3 is 25.7 Å². The lowest BCUT2D eigenvalue weighted by atomic mass is 9.89. The summed E-state index contributed by atoms with van der Waals surface area (Å²) in [6, 6.07) is 6.14. The average Bonchev–Trinajstić information content (AvgIpc) is 3.26. The fourth-order valence-corrected chi connectivity index (χ4v) is 5.31. The molecular weight excluding hydrogens is 484 g/mol. The number of imidazole rings is 1. The zero-order chi connectivity index (χ0) is 26.9. The molecule has 1 aromatic carbocycles. The number of unbranched alkanes of at least 4 members (excludes halogenated alkanes) is 3. The van der Waals surface area contributed by atoms with Crippen molar-refractivity contribution in [2.45, 2.75) is 89.4 Å². The summed E-state index contributed by atoms with van der Waals surface area (Å²) in [5, 5.41) is 21.3. The number of esters is 1. The van der Waals surface area contributed by atoms with Gasteiger partial charge in [-0.15, -0.1) is 0 Å². The molecular formula is C25H42N4O6S. The van der Waals surface area contributed by atoms with Gasteiger partial charge >= 0.3 is 5.97 Å². The van der Waals surface area contributed by atoms with Crippen LogP contribution in [0.5, 0.6) is 0 Å². The number of hydrogen-bond acceptors (Lipinski definition) is 8. The Kier molecular flexibility index (Phi) is 11.3. The molecule has 0 aliphatic heterocycles. The number of ether oxygens (including phenoxy) is 1. The summed E-state index contributed by atoms with van der Waals surface area (Å²) in [4.78, 5) is 20.3. The van der Waals surface area contributed by atoms with Crippen LogP contribution in [0.15, 0.2) is 18.2 Å². The van der Waals surface area contributed by atoms with Gasteiger partial charge in [0.15, 0.2) is 5.54 Å².